The van der Waals surface area contributed by atoms with Crippen molar-refractivity contribution in [3.63, 3.8) is 0 Å². The summed E-state index contributed by atoms with van der Waals surface area (Å²) in [5, 5.41) is 10.0. The van der Waals surface area contributed by atoms with Gasteiger partial charge in [-0.3, -0.25) is 4.90 Å². The van der Waals surface area contributed by atoms with Crippen LogP contribution >= 0.6 is 0 Å². The van der Waals surface area contributed by atoms with E-state index in [0.29, 0.717) is 5.92 Å². The van der Waals surface area contributed by atoms with Crippen molar-refractivity contribution in [2.24, 2.45) is 5.92 Å². The third-order valence-electron chi connectivity index (χ3n) is 4.35. The van der Waals surface area contributed by atoms with E-state index in [9.17, 15) is 5.11 Å². The number of hydrogen-bond donors (Lipinski definition) is 1. The predicted octanol–water partition coefficient (Wildman–Crippen LogP) is 2.81. The second kappa shape index (κ2) is 5.02. The Balaban J connectivity index is 1.54. The number of benzene rings is 1. The van der Waals surface area contributed by atoms with E-state index < -0.39 is 0 Å². The molecule has 1 atom stereocenters. The molecule has 0 radical (unpaired) electrons. The lowest BCUT2D eigenvalue weighted by Gasteiger charge is -2.33. The van der Waals surface area contributed by atoms with Crippen LogP contribution in [-0.2, 0) is 6.54 Å². The molecule has 1 N–H and O–H groups in total. The van der Waals surface area contributed by atoms with Gasteiger partial charge < -0.3 is 5.11 Å². The highest BCUT2D eigenvalue weighted by atomic mass is 16.3. The van der Waals surface area contributed by atoms with E-state index in [-0.39, 0.29) is 5.60 Å². The minimum atomic E-state index is -0.277. The zero-order chi connectivity index (χ0) is 12.4. The van der Waals surface area contributed by atoms with E-state index in [0.717, 1.165) is 32.4 Å². The Morgan fingerprint density at radius 3 is 2.72 bits per heavy atom. The molecule has 1 unspecified atom stereocenters. The predicted molar refractivity (Wildman–Crippen MR) is 73.2 cm³/mol. The second-order valence-corrected chi connectivity index (χ2v) is 6.16. The van der Waals surface area contributed by atoms with Gasteiger partial charge in [-0.25, -0.2) is 0 Å². The van der Waals surface area contributed by atoms with Crippen LogP contribution in [0.25, 0.3) is 0 Å². The standard InChI is InChI=1S/C16H23NO/c18-16(8-9-16)11-15-7-4-10-17(13-15)12-14-5-2-1-3-6-14/h1-3,5-6,15,18H,4,7-13H2. The molecule has 0 amide bonds. The van der Waals surface area contributed by atoms with Crippen molar-refractivity contribution < 1.29 is 5.11 Å². The lowest BCUT2D eigenvalue weighted by Crippen LogP contribution is -2.36. The summed E-state index contributed by atoms with van der Waals surface area (Å²) in [6.45, 7) is 3.44. The Morgan fingerprint density at radius 1 is 1.22 bits per heavy atom. The minimum Gasteiger partial charge on any atom is -0.390 e. The SMILES string of the molecule is OC1(CC2CCCN(Cc3ccccc3)C2)CC1. The molecule has 1 aliphatic heterocycles. The molecule has 1 saturated heterocycles. The Morgan fingerprint density at radius 2 is 2.00 bits per heavy atom. The van der Waals surface area contributed by atoms with Gasteiger partial charge >= 0.3 is 0 Å². The van der Waals surface area contributed by atoms with E-state index >= 15 is 0 Å². The number of hydrogen-bond acceptors (Lipinski definition) is 2. The fourth-order valence-corrected chi connectivity index (χ4v) is 3.19. The second-order valence-electron chi connectivity index (χ2n) is 6.16. The van der Waals surface area contributed by atoms with E-state index in [2.05, 4.69) is 35.2 Å². The highest BCUT2D eigenvalue weighted by Gasteiger charge is 2.42. The number of likely N-dealkylation sites (tertiary alicyclic amines) is 1. The Bertz CT molecular complexity index is 385. The van der Waals surface area contributed by atoms with Gasteiger partial charge in [0.1, 0.15) is 0 Å². The maximum atomic E-state index is 10.0. The van der Waals surface area contributed by atoms with Crippen molar-refractivity contribution in [1.82, 2.24) is 4.90 Å². The summed E-state index contributed by atoms with van der Waals surface area (Å²) in [4.78, 5) is 2.55. The number of rotatable bonds is 4. The van der Waals surface area contributed by atoms with Crippen LogP contribution < -0.4 is 0 Å². The molecule has 0 aromatic heterocycles. The monoisotopic (exact) mass is 245 g/mol. The average Bonchev–Trinajstić information content (AvgIpc) is 3.08. The van der Waals surface area contributed by atoms with Gasteiger partial charge in [0.05, 0.1) is 5.60 Å². The van der Waals surface area contributed by atoms with Gasteiger partial charge in [-0.05, 0) is 50.1 Å². The first kappa shape index (κ1) is 12.2. The number of nitrogens with zero attached hydrogens (tertiary/aromatic N) is 1. The quantitative estimate of drug-likeness (QED) is 0.881. The zero-order valence-corrected chi connectivity index (χ0v) is 11.0. The molecule has 2 aliphatic rings. The van der Waals surface area contributed by atoms with Crippen LogP contribution in [0.3, 0.4) is 0 Å². The topological polar surface area (TPSA) is 23.5 Å². The maximum Gasteiger partial charge on any atom is 0.0653 e. The van der Waals surface area contributed by atoms with Crippen LogP contribution in [0.5, 0.6) is 0 Å². The third-order valence-corrected chi connectivity index (χ3v) is 4.35. The van der Waals surface area contributed by atoms with Gasteiger partial charge in [0.15, 0.2) is 0 Å². The molecule has 18 heavy (non-hydrogen) atoms. The highest BCUT2D eigenvalue weighted by molar-refractivity contribution is 5.14. The van der Waals surface area contributed by atoms with Crippen molar-refractivity contribution >= 4 is 0 Å². The molecule has 2 fully saturated rings. The van der Waals surface area contributed by atoms with Crippen LogP contribution in [0, 0.1) is 5.92 Å². The van der Waals surface area contributed by atoms with Crippen molar-refractivity contribution in [1.29, 1.82) is 0 Å². The highest BCUT2D eigenvalue weighted by Crippen LogP contribution is 2.42. The summed E-state index contributed by atoms with van der Waals surface area (Å²) in [6.07, 6.45) is 5.67. The van der Waals surface area contributed by atoms with Crippen molar-refractivity contribution in [2.45, 2.75) is 44.2 Å². The molecular weight excluding hydrogens is 222 g/mol. The van der Waals surface area contributed by atoms with Gasteiger partial charge in [-0.1, -0.05) is 30.3 Å². The normalized spacial score (nSPS) is 27.1. The summed E-state index contributed by atoms with van der Waals surface area (Å²) in [7, 11) is 0. The minimum absolute atomic E-state index is 0.277. The molecule has 98 valence electrons. The lowest BCUT2D eigenvalue weighted by molar-refractivity contribution is 0.0816. The van der Waals surface area contributed by atoms with Gasteiger partial charge in [0.25, 0.3) is 0 Å². The Labute approximate surface area is 110 Å². The summed E-state index contributed by atoms with van der Waals surface area (Å²) >= 11 is 0. The molecule has 1 aromatic rings. The molecular formula is C16H23NO. The fraction of sp³-hybridized carbons (Fsp3) is 0.625. The first-order chi connectivity index (χ1) is 8.73. The van der Waals surface area contributed by atoms with Gasteiger partial charge in [-0.2, -0.15) is 0 Å². The van der Waals surface area contributed by atoms with Gasteiger partial charge in [0, 0.05) is 13.1 Å². The molecule has 3 rings (SSSR count). The summed E-state index contributed by atoms with van der Waals surface area (Å²) < 4.78 is 0. The smallest absolute Gasteiger partial charge is 0.0653 e. The molecule has 1 saturated carbocycles. The fourth-order valence-electron chi connectivity index (χ4n) is 3.19. The molecule has 0 bridgehead atoms. The Hall–Kier alpha value is -0.860. The van der Waals surface area contributed by atoms with E-state index in [1.54, 1.807) is 0 Å². The summed E-state index contributed by atoms with van der Waals surface area (Å²) in [6, 6.07) is 10.7. The number of aliphatic hydroxyl groups is 1. The summed E-state index contributed by atoms with van der Waals surface area (Å²) in [5.41, 5.74) is 1.13. The molecule has 2 nitrogen and oxygen atoms in total. The molecule has 1 aromatic carbocycles. The molecule has 2 heteroatoms. The van der Waals surface area contributed by atoms with Crippen molar-refractivity contribution in [2.75, 3.05) is 13.1 Å². The zero-order valence-electron chi connectivity index (χ0n) is 11.0. The van der Waals surface area contributed by atoms with Crippen LogP contribution in [-0.4, -0.2) is 28.7 Å². The maximum absolute atomic E-state index is 10.0. The largest absolute Gasteiger partial charge is 0.390 e. The first-order valence-electron chi connectivity index (χ1n) is 7.22. The summed E-state index contributed by atoms with van der Waals surface area (Å²) in [5.74, 6) is 0.704. The van der Waals surface area contributed by atoms with Crippen molar-refractivity contribution in [3.8, 4) is 0 Å². The van der Waals surface area contributed by atoms with Crippen molar-refractivity contribution in [3.05, 3.63) is 35.9 Å². The molecule has 1 aliphatic carbocycles. The van der Waals surface area contributed by atoms with E-state index in [1.165, 1.54) is 24.9 Å². The molecule has 0 spiro atoms. The van der Waals surface area contributed by atoms with Crippen LogP contribution in [0.2, 0.25) is 0 Å². The van der Waals surface area contributed by atoms with E-state index in [4.69, 9.17) is 0 Å². The molecule has 1 heterocycles. The Kier molecular flexibility index (Phi) is 3.40. The van der Waals surface area contributed by atoms with E-state index in [1.807, 2.05) is 0 Å². The average molecular weight is 245 g/mol. The van der Waals surface area contributed by atoms with Crippen LogP contribution in [0.1, 0.15) is 37.7 Å². The van der Waals surface area contributed by atoms with Gasteiger partial charge in [-0.15, -0.1) is 0 Å². The first-order valence-corrected chi connectivity index (χ1v) is 7.22. The third kappa shape index (κ3) is 3.12. The van der Waals surface area contributed by atoms with Gasteiger partial charge in [0.2, 0.25) is 0 Å². The van der Waals surface area contributed by atoms with Crippen LogP contribution in [0.15, 0.2) is 30.3 Å². The van der Waals surface area contributed by atoms with Crippen LogP contribution in [0.4, 0.5) is 0 Å². The number of piperidine rings is 1. The lowest BCUT2D eigenvalue weighted by atomic mass is 9.91.